The molecule has 0 aliphatic rings. The Morgan fingerprint density at radius 1 is 0.424 bits per heavy atom. The molecular weight excluding hydrogens is 815 g/mol. The SMILES string of the molecule is CCC/C=C\C/C=C\CCCCCCCC(=O)OCCCCCCCC/C=C\CCCCCC(=O)NC(CO)C(O)CCCCCCCCCCCCCCCCCCCCCCCCC. The van der Waals surface area contributed by atoms with Crippen LogP contribution in [0.4, 0.5) is 0 Å². The van der Waals surface area contributed by atoms with Gasteiger partial charge in [0, 0.05) is 12.8 Å². The number of amides is 1. The molecule has 0 bridgehead atoms. The number of unbranched alkanes of at least 4 members (excludes halogenated alkanes) is 37. The van der Waals surface area contributed by atoms with E-state index in [9.17, 15) is 19.8 Å². The molecule has 0 fully saturated rings. The van der Waals surface area contributed by atoms with Crippen LogP contribution in [0.15, 0.2) is 36.5 Å². The molecule has 0 aliphatic carbocycles. The maximum atomic E-state index is 12.5. The summed E-state index contributed by atoms with van der Waals surface area (Å²) >= 11 is 0. The zero-order valence-corrected chi connectivity index (χ0v) is 44.2. The van der Waals surface area contributed by atoms with E-state index in [1.165, 1.54) is 193 Å². The molecule has 6 heteroatoms. The molecule has 0 rings (SSSR count). The Labute approximate surface area is 411 Å². The van der Waals surface area contributed by atoms with Gasteiger partial charge < -0.3 is 20.3 Å². The van der Waals surface area contributed by atoms with Crippen molar-refractivity contribution in [1.29, 1.82) is 0 Å². The van der Waals surface area contributed by atoms with Crippen LogP contribution in [0.1, 0.15) is 309 Å². The lowest BCUT2D eigenvalue weighted by atomic mass is 10.0. The summed E-state index contributed by atoms with van der Waals surface area (Å²) in [4.78, 5) is 24.5. The van der Waals surface area contributed by atoms with Crippen LogP contribution in [0, 0.1) is 0 Å². The largest absolute Gasteiger partial charge is 0.466 e. The normalized spacial score (nSPS) is 12.8. The molecule has 3 N–H and O–H groups in total. The molecule has 0 saturated carbocycles. The number of ether oxygens (including phenoxy) is 1. The third-order valence-electron chi connectivity index (χ3n) is 13.4. The number of carbonyl (C=O) groups is 2. The highest BCUT2D eigenvalue weighted by Crippen LogP contribution is 2.17. The summed E-state index contributed by atoms with van der Waals surface area (Å²) in [6.45, 7) is 4.85. The molecule has 0 aromatic carbocycles. The smallest absolute Gasteiger partial charge is 0.305 e. The maximum absolute atomic E-state index is 12.5. The van der Waals surface area contributed by atoms with Gasteiger partial charge >= 0.3 is 5.97 Å². The minimum atomic E-state index is -0.684. The zero-order valence-electron chi connectivity index (χ0n) is 44.2. The summed E-state index contributed by atoms with van der Waals surface area (Å²) in [6.07, 6.45) is 68.5. The number of nitrogens with one attached hydrogen (secondary N) is 1. The van der Waals surface area contributed by atoms with E-state index in [1.807, 2.05) is 0 Å². The van der Waals surface area contributed by atoms with Crippen molar-refractivity contribution in [3.8, 4) is 0 Å². The van der Waals surface area contributed by atoms with Crippen molar-refractivity contribution in [3.05, 3.63) is 36.5 Å². The molecule has 0 aliphatic heterocycles. The molecular formula is C60H113NO5. The second kappa shape index (κ2) is 55.7. The molecule has 0 spiro atoms. The van der Waals surface area contributed by atoms with Gasteiger partial charge in [0.2, 0.25) is 5.91 Å². The lowest BCUT2D eigenvalue weighted by Crippen LogP contribution is -2.45. The van der Waals surface area contributed by atoms with Gasteiger partial charge in [0.1, 0.15) is 0 Å². The molecule has 2 atom stereocenters. The number of rotatable bonds is 54. The number of hydrogen-bond donors (Lipinski definition) is 3. The van der Waals surface area contributed by atoms with Gasteiger partial charge in [-0.15, -0.1) is 0 Å². The van der Waals surface area contributed by atoms with E-state index >= 15 is 0 Å². The fourth-order valence-corrected chi connectivity index (χ4v) is 8.91. The van der Waals surface area contributed by atoms with Crippen LogP contribution in [0.2, 0.25) is 0 Å². The summed E-state index contributed by atoms with van der Waals surface area (Å²) in [6, 6.07) is -0.564. The van der Waals surface area contributed by atoms with E-state index in [2.05, 4.69) is 55.6 Å². The van der Waals surface area contributed by atoms with Crippen LogP contribution in [-0.4, -0.2) is 47.4 Å². The molecule has 0 aromatic rings. The average molecular weight is 929 g/mol. The molecule has 6 nitrogen and oxygen atoms in total. The fraction of sp³-hybridized carbons (Fsp3) is 0.867. The first-order chi connectivity index (χ1) is 32.5. The van der Waals surface area contributed by atoms with Crippen molar-refractivity contribution in [2.24, 2.45) is 0 Å². The minimum absolute atomic E-state index is 0.0276. The highest BCUT2D eigenvalue weighted by atomic mass is 16.5. The van der Waals surface area contributed by atoms with E-state index in [1.54, 1.807) is 0 Å². The number of aliphatic hydroxyl groups is 2. The number of hydrogen-bond acceptors (Lipinski definition) is 5. The Morgan fingerprint density at radius 3 is 1.24 bits per heavy atom. The first-order valence-corrected chi connectivity index (χ1v) is 29.2. The Kier molecular flexibility index (Phi) is 54.1. The number of carbonyl (C=O) groups excluding carboxylic acids is 2. The summed E-state index contributed by atoms with van der Waals surface area (Å²) in [5, 5.41) is 23.3. The second-order valence-electron chi connectivity index (χ2n) is 20.0. The van der Waals surface area contributed by atoms with Crippen LogP contribution in [0.3, 0.4) is 0 Å². The molecule has 66 heavy (non-hydrogen) atoms. The maximum Gasteiger partial charge on any atom is 0.305 e. The minimum Gasteiger partial charge on any atom is -0.466 e. The lowest BCUT2D eigenvalue weighted by molar-refractivity contribution is -0.143. The van der Waals surface area contributed by atoms with Crippen molar-refractivity contribution < 1.29 is 24.5 Å². The van der Waals surface area contributed by atoms with Gasteiger partial charge in [-0.1, -0.05) is 256 Å². The molecule has 0 saturated heterocycles. The van der Waals surface area contributed by atoms with Gasteiger partial charge in [-0.25, -0.2) is 0 Å². The first-order valence-electron chi connectivity index (χ1n) is 29.2. The fourth-order valence-electron chi connectivity index (χ4n) is 8.91. The van der Waals surface area contributed by atoms with Gasteiger partial charge in [0.25, 0.3) is 0 Å². The van der Waals surface area contributed by atoms with E-state index in [0.29, 0.717) is 25.9 Å². The zero-order chi connectivity index (χ0) is 47.9. The summed E-state index contributed by atoms with van der Waals surface area (Å²) in [7, 11) is 0. The van der Waals surface area contributed by atoms with Crippen molar-refractivity contribution in [3.63, 3.8) is 0 Å². The van der Waals surface area contributed by atoms with Gasteiger partial charge in [-0.2, -0.15) is 0 Å². The van der Waals surface area contributed by atoms with Gasteiger partial charge in [0.05, 0.1) is 25.4 Å². The molecule has 0 aromatic heterocycles. The van der Waals surface area contributed by atoms with Crippen molar-refractivity contribution in [2.45, 2.75) is 321 Å². The number of allylic oxidation sites excluding steroid dienone is 6. The topological polar surface area (TPSA) is 95.9 Å². The third-order valence-corrected chi connectivity index (χ3v) is 13.4. The summed E-state index contributed by atoms with van der Waals surface area (Å²) < 4.78 is 5.45. The third kappa shape index (κ3) is 51.5. The van der Waals surface area contributed by atoms with Crippen molar-refractivity contribution >= 4 is 11.9 Å². The predicted molar refractivity (Wildman–Crippen MR) is 287 cm³/mol. The van der Waals surface area contributed by atoms with Crippen molar-refractivity contribution in [2.75, 3.05) is 13.2 Å². The van der Waals surface area contributed by atoms with Crippen LogP contribution < -0.4 is 5.32 Å². The molecule has 1 amide bonds. The number of esters is 1. The van der Waals surface area contributed by atoms with Gasteiger partial charge in [-0.05, 0) is 77.0 Å². The van der Waals surface area contributed by atoms with E-state index in [4.69, 9.17) is 4.74 Å². The summed E-state index contributed by atoms with van der Waals surface area (Å²) in [5.74, 6) is -0.0910. The predicted octanol–water partition coefficient (Wildman–Crippen LogP) is 18.0. The van der Waals surface area contributed by atoms with E-state index in [-0.39, 0.29) is 18.5 Å². The molecule has 0 heterocycles. The van der Waals surface area contributed by atoms with Crippen molar-refractivity contribution in [1.82, 2.24) is 5.32 Å². The molecule has 388 valence electrons. The van der Waals surface area contributed by atoms with E-state index in [0.717, 1.165) is 83.5 Å². The Balaban J connectivity index is 3.50. The van der Waals surface area contributed by atoms with Gasteiger partial charge in [-0.3, -0.25) is 9.59 Å². The Hall–Kier alpha value is -1.92. The molecule has 0 radical (unpaired) electrons. The average Bonchev–Trinajstić information content (AvgIpc) is 3.32. The quantitative estimate of drug-likeness (QED) is 0.0321. The highest BCUT2D eigenvalue weighted by molar-refractivity contribution is 5.76. The summed E-state index contributed by atoms with van der Waals surface area (Å²) in [5.41, 5.74) is 0. The van der Waals surface area contributed by atoms with Crippen LogP contribution >= 0.6 is 0 Å². The monoisotopic (exact) mass is 928 g/mol. The van der Waals surface area contributed by atoms with Gasteiger partial charge in [0.15, 0.2) is 0 Å². The molecule has 2 unspecified atom stereocenters. The first kappa shape index (κ1) is 64.1. The lowest BCUT2D eigenvalue weighted by Gasteiger charge is -2.22. The van der Waals surface area contributed by atoms with E-state index < -0.39 is 12.1 Å². The standard InChI is InChI=1S/C60H113NO5/c1-3-5-7-9-11-13-15-17-18-19-20-21-22-23-24-25-26-29-32-36-40-44-48-52-58(63)57(56-62)61-59(64)53-49-45-41-37-33-30-27-31-35-39-43-47-51-55-66-60(65)54-50-46-42-38-34-28-16-14-12-10-8-6-4-2/h8,10,14,16,30,33,57-58,62-63H,3-7,9,11-13,15,17-29,31-32,34-56H2,1-2H3,(H,61,64)/b10-8-,16-14-,33-30-. The Bertz CT molecular complexity index is 1070. The van der Waals surface area contributed by atoms with Crippen LogP contribution in [0.25, 0.3) is 0 Å². The number of aliphatic hydroxyl groups excluding tert-OH is 2. The van der Waals surface area contributed by atoms with Crippen LogP contribution in [0.5, 0.6) is 0 Å². The Morgan fingerprint density at radius 2 is 0.788 bits per heavy atom. The van der Waals surface area contributed by atoms with Crippen LogP contribution in [-0.2, 0) is 14.3 Å². The highest BCUT2D eigenvalue weighted by Gasteiger charge is 2.20. The second-order valence-corrected chi connectivity index (χ2v) is 20.0.